The van der Waals surface area contributed by atoms with E-state index in [-0.39, 0.29) is 11.3 Å². The minimum atomic E-state index is -0.462. The molecule has 0 bridgehead atoms. The van der Waals surface area contributed by atoms with E-state index in [9.17, 15) is 9.90 Å². The zero-order valence-electron chi connectivity index (χ0n) is 11.9. The number of hydrogen-bond acceptors (Lipinski definition) is 4. The molecule has 0 aliphatic rings. The lowest BCUT2D eigenvalue weighted by Crippen LogP contribution is -2.32. The molecule has 0 aliphatic heterocycles. The Bertz CT molecular complexity index is 637. The standard InChI is InChI=1S/C16H16ClN3O2/c1-3-7-20(8-4-2)16(22)12(10-18)11-19-14-9-13(17)5-6-15(14)21/h3-6,9,11,19,21H,1-2,7-8H2/b12-11-. The highest BCUT2D eigenvalue weighted by atomic mass is 35.5. The molecule has 6 heteroatoms. The first-order chi connectivity index (χ1) is 10.5. The molecule has 0 atom stereocenters. The predicted octanol–water partition coefficient (Wildman–Crippen LogP) is 3.07. The van der Waals surface area contributed by atoms with Gasteiger partial charge in [-0.1, -0.05) is 23.8 Å². The molecule has 22 heavy (non-hydrogen) atoms. The van der Waals surface area contributed by atoms with E-state index in [4.69, 9.17) is 16.9 Å². The first-order valence-electron chi connectivity index (χ1n) is 6.39. The minimum Gasteiger partial charge on any atom is -0.506 e. The normalized spacial score (nSPS) is 10.5. The van der Waals surface area contributed by atoms with Gasteiger partial charge in [0, 0.05) is 24.3 Å². The molecule has 1 rings (SSSR count). The van der Waals surface area contributed by atoms with Crippen LogP contribution in [0.5, 0.6) is 5.75 Å². The number of aromatic hydroxyl groups is 1. The van der Waals surface area contributed by atoms with Gasteiger partial charge in [0.1, 0.15) is 17.4 Å². The molecule has 0 fully saturated rings. The second-order valence-corrected chi connectivity index (χ2v) is 4.70. The highest BCUT2D eigenvalue weighted by molar-refractivity contribution is 6.30. The number of rotatable bonds is 7. The van der Waals surface area contributed by atoms with Crippen LogP contribution in [0, 0.1) is 11.3 Å². The molecule has 0 aromatic heterocycles. The maximum atomic E-state index is 12.2. The van der Waals surface area contributed by atoms with E-state index >= 15 is 0 Å². The van der Waals surface area contributed by atoms with Crippen molar-refractivity contribution in [2.24, 2.45) is 0 Å². The monoisotopic (exact) mass is 317 g/mol. The summed E-state index contributed by atoms with van der Waals surface area (Å²) in [5.41, 5.74) is 0.190. The topological polar surface area (TPSA) is 76.4 Å². The average Bonchev–Trinajstić information content (AvgIpc) is 2.50. The molecule has 114 valence electrons. The van der Waals surface area contributed by atoms with E-state index in [0.717, 1.165) is 0 Å². The number of anilines is 1. The molecule has 5 nitrogen and oxygen atoms in total. The molecular formula is C16H16ClN3O2. The van der Waals surface area contributed by atoms with Crippen LogP contribution in [0.4, 0.5) is 5.69 Å². The fourth-order valence-corrected chi connectivity index (χ4v) is 1.81. The summed E-state index contributed by atoms with van der Waals surface area (Å²) >= 11 is 5.83. The smallest absolute Gasteiger partial charge is 0.266 e. The van der Waals surface area contributed by atoms with Crippen LogP contribution in [0.3, 0.4) is 0 Å². The molecule has 0 spiro atoms. The second-order valence-electron chi connectivity index (χ2n) is 4.26. The first kappa shape index (κ1) is 17.3. The van der Waals surface area contributed by atoms with E-state index in [1.807, 2.05) is 6.07 Å². The van der Waals surface area contributed by atoms with Crippen LogP contribution in [0.25, 0.3) is 0 Å². The molecule has 0 unspecified atom stereocenters. The van der Waals surface area contributed by atoms with Crippen LogP contribution in [-0.2, 0) is 4.79 Å². The SMILES string of the molecule is C=CCN(CC=C)C(=O)/C(C#N)=C\Nc1cc(Cl)ccc1O. The van der Waals surface area contributed by atoms with Crippen molar-refractivity contribution in [1.82, 2.24) is 4.90 Å². The van der Waals surface area contributed by atoms with Gasteiger partial charge in [-0.15, -0.1) is 13.2 Å². The molecule has 0 aliphatic carbocycles. The molecule has 1 aromatic rings. The second kappa shape index (κ2) is 8.55. The molecule has 2 N–H and O–H groups in total. The number of phenols is 1. The number of nitrogens with one attached hydrogen (secondary N) is 1. The maximum Gasteiger partial charge on any atom is 0.266 e. The quantitative estimate of drug-likeness (QED) is 0.351. The van der Waals surface area contributed by atoms with E-state index < -0.39 is 5.91 Å². The Labute approximate surface area is 134 Å². The zero-order valence-corrected chi connectivity index (χ0v) is 12.7. The van der Waals surface area contributed by atoms with Gasteiger partial charge < -0.3 is 15.3 Å². The van der Waals surface area contributed by atoms with Crippen molar-refractivity contribution in [3.8, 4) is 11.8 Å². The lowest BCUT2D eigenvalue weighted by molar-refractivity contribution is -0.125. The summed E-state index contributed by atoms with van der Waals surface area (Å²) < 4.78 is 0. The van der Waals surface area contributed by atoms with Crippen LogP contribution in [0.15, 0.2) is 55.3 Å². The number of hydrogen-bond donors (Lipinski definition) is 2. The van der Waals surface area contributed by atoms with Gasteiger partial charge >= 0.3 is 0 Å². The van der Waals surface area contributed by atoms with Crippen LogP contribution < -0.4 is 5.32 Å². The maximum absolute atomic E-state index is 12.2. The summed E-state index contributed by atoms with van der Waals surface area (Å²) in [4.78, 5) is 13.6. The van der Waals surface area contributed by atoms with Gasteiger partial charge in [0.25, 0.3) is 5.91 Å². The van der Waals surface area contributed by atoms with E-state index in [2.05, 4.69) is 18.5 Å². The van der Waals surface area contributed by atoms with Crippen LogP contribution >= 0.6 is 11.6 Å². The van der Waals surface area contributed by atoms with Crippen molar-refractivity contribution < 1.29 is 9.90 Å². The largest absolute Gasteiger partial charge is 0.506 e. The molecular weight excluding hydrogens is 302 g/mol. The van der Waals surface area contributed by atoms with E-state index in [1.165, 1.54) is 29.3 Å². The molecule has 0 saturated heterocycles. The van der Waals surface area contributed by atoms with Crippen molar-refractivity contribution in [3.05, 3.63) is 60.3 Å². The van der Waals surface area contributed by atoms with Gasteiger partial charge in [-0.25, -0.2) is 0 Å². The lowest BCUT2D eigenvalue weighted by atomic mass is 10.2. The Morgan fingerprint density at radius 3 is 2.59 bits per heavy atom. The number of benzene rings is 1. The van der Waals surface area contributed by atoms with Crippen LogP contribution in [0.2, 0.25) is 5.02 Å². The number of carbonyl (C=O) groups excluding carboxylic acids is 1. The third-order valence-electron chi connectivity index (χ3n) is 2.67. The Morgan fingerprint density at radius 2 is 2.05 bits per heavy atom. The summed E-state index contributed by atoms with van der Waals surface area (Å²) in [6, 6.07) is 6.25. The minimum absolute atomic E-state index is 0.0422. The molecule has 0 heterocycles. The van der Waals surface area contributed by atoms with Crippen molar-refractivity contribution in [2.75, 3.05) is 18.4 Å². The van der Waals surface area contributed by atoms with Gasteiger partial charge in [0.2, 0.25) is 0 Å². The highest BCUT2D eigenvalue weighted by Gasteiger charge is 2.16. The number of phenolic OH excluding ortho intramolecular Hbond substituents is 1. The molecule has 1 aromatic carbocycles. The number of amides is 1. The van der Waals surface area contributed by atoms with Crippen molar-refractivity contribution in [3.63, 3.8) is 0 Å². The predicted molar refractivity (Wildman–Crippen MR) is 87.4 cm³/mol. The van der Waals surface area contributed by atoms with Crippen LogP contribution in [0.1, 0.15) is 0 Å². The van der Waals surface area contributed by atoms with Crippen molar-refractivity contribution in [2.45, 2.75) is 0 Å². The summed E-state index contributed by atoms with van der Waals surface area (Å²) in [7, 11) is 0. The van der Waals surface area contributed by atoms with Gasteiger partial charge in [-0.2, -0.15) is 5.26 Å². The van der Waals surface area contributed by atoms with E-state index in [1.54, 1.807) is 12.2 Å². The summed E-state index contributed by atoms with van der Waals surface area (Å²) in [5, 5.41) is 21.9. The van der Waals surface area contributed by atoms with Gasteiger partial charge in [0.15, 0.2) is 0 Å². The Morgan fingerprint density at radius 1 is 1.41 bits per heavy atom. The fraction of sp³-hybridized carbons (Fsp3) is 0.125. The first-order valence-corrected chi connectivity index (χ1v) is 6.77. The molecule has 0 saturated carbocycles. The Hall–Kier alpha value is -2.71. The Kier molecular flexibility index (Phi) is 6.74. The van der Waals surface area contributed by atoms with Crippen molar-refractivity contribution >= 4 is 23.2 Å². The zero-order chi connectivity index (χ0) is 16.5. The number of halogens is 1. The fourth-order valence-electron chi connectivity index (χ4n) is 1.64. The summed E-state index contributed by atoms with van der Waals surface area (Å²) in [6.45, 7) is 7.74. The summed E-state index contributed by atoms with van der Waals surface area (Å²) in [6.07, 6.45) is 4.35. The number of nitriles is 1. The van der Waals surface area contributed by atoms with E-state index in [0.29, 0.717) is 23.8 Å². The lowest BCUT2D eigenvalue weighted by Gasteiger charge is -2.18. The van der Waals surface area contributed by atoms with Crippen molar-refractivity contribution in [1.29, 1.82) is 5.26 Å². The highest BCUT2D eigenvalue weighted by Crippen LogP contribution is 2.26. The van der Waals surface area contributed by atoms with Crippen LogP contribution in [-0.4, -0.2) is 29.0 Å². The van der Waals surface area contributed by atoms with Gasteiger partial charge in [-0.3, -0.25) is 4.79 Å². The summed E-state index contributed by atoms with van der Waals surface area (Å²) in [5.74, 6) is -0.504. The third-order valence-corrected chi connectivity index (χ3v) is 2.90. The van der Waals surface area contributed by atoms with Gasteiger partial charge in [0.05, 0.1) is 5.69 Å². The number of nitrogens with zero attached hydrogens (tertiary/aromatic N) is 2. The molecule has 0 radical (unpaired) electrons. The average molecular weight is 318 g/mol. The Balaban J connectivity index is 2.96. The number of carbonyl (C=O) groups is 1. The molecule has 1 amide bonds. The van der Waals surface area contributed by atoms with Gasteiger partial charge in [-0.05, 0) is 18.2 Å². The third kappa shape index (κ3) is 4.69.